The van der Waals surface area contributed by atoms with Crippen LogP contribution >= 0.6 is 11.3 Å². The molecule has 2 saturated heterocycles. The highest BCUT2D eigenvalue weighted by atomic mass is 32.1. The molecular weight excluding hydrogens is 442 g/mol. The Balaban J connectivity index is 1.31. The van der Waals surface area contributed by atoms with E-state index in [-0.39, 0.29) is 0 Å². The fourth-order valence-corrected chi connectivity index (χ4v) is 5.96. The Kier molecular flexibility index (Phi) is 7.16. The third kappa shape index (κ3) is 5.13. The van der Waals surface area contributed by atoms with E-state index in [1.807, 2.05) is 11.3 Å². The van der Waals surface area contributed by atoms with E-state index in [1.54, 1.807) is 0 Å². The molecule has 2 aliphatic rings. The monoisotopic (exact) mass is 479 g/mol. The Bertz CT molecular complexity index is 1110. The molecule has 2 aromatic heterocycles. The lowest BCUT2D eigenvalue weighted by atomic mass is 10.0. The number of fused-ring (bicyclic) bond motifs is 1. The second-order valence-electron chi connectivity index (χ2n) is 9.97. The molecule has 4 heterocycles. The maximum atomic E-state index is 5.52. The van der Waals surface area contributed by atoms with Crippen LogP contribution in [0.2, 0.25) is 0 Å². The Hall–Kier alpha value is -2.06. The lowest BCUT2D eigenvalue weighted by Crippen LogP contribution is -2.46. The van der Waals surface area contributed by atoms with Crippen LogP contribution in [0.15, 0.2) is 24.3 Å². The maximum absolute atomic E-state index is 5.52. The van der Waals surface area contributed by atoms with Gasteiger partial charge >= 0.3 is 0 Å². The first-order valence-electron chi connectivity index (χ1n) is 12.6. The summed E-state index contributed by atoms with van der Waals surface area (Å²) in [6.07, 6.45) is 0. The molecule has 0 N–H and O–H groups in total. The van der Waals surface area contributed by atoms with Gasteiger partial charge in [-0.15, -0.1) is 11.3 Å². The van der Waals surface area contributed by atoms with Gasteiger partial charge in [0, 0.05) is 50.7 Å². The standard InChI is InChI=1S/C27H37N5OS/c1-19(2)23-7-5-22(6-8-23)17-30-9-11-32(12-10-30)26-25-20(3)21(4)34-27(25)29-24(28-26)18-31-13-15-33-16-14-31/h5-8,19H,9-18H2,1-4H3. The number of nitrogens with zero attached hydrogens (tertiary/aromatic N) is 5. The molecule has 0 unspecified atom stereocenters. The van der Waals surface area contributed by atoms with Gasteiger partial charge in [0.1, 0.15) is 16.5 Å². The Labute approximate surface area is 207 Å². The van der Waals surface area contributed by atoms with Crippen LogP contribution in [0.5, 0.6) is 0 Å². The Morgan fingerprint density at radius 1 is 0.882 bits per heavy atom. The largest absolute Gasteiger partial charge is 0.379 e. The number of anilines is 1. The molecule has 0 aliphatic carbocycles. The highest BCUT2D eigenvalue weighted by molar-refractivity contribution is 7.18. The first kappa shape index (κ1) is 23.7. The minimum absolute atomic E-state index is 0.583. The number of rotatable bonds is 6. The second-order valence-corrected chi connectivity index (χ2v) is 11.2. The van der Waals surface area contributed by atoms with Crippen molar-refractivity contribution in [3.8, 4) is 0 Å². The molecule has 34 heavy (non-hydrogen) atoms. The number of morpholine rings is 1. The van der Waals surface area contributed by atoms with Gasteiger partial charge in [0.15, 0.2) is 0 Å². The van der Waals surface area contributed by atoms with Gasteiger partial charge in [-0.2, -0.15) is 0 Å². The molecular formula is C27H37N5OS. The van der Waals surface area contributed by atoms with Crippen LogP contribution < -0.4 is 4.90 Å². The average molecular weight is 480 g/mol. The minimum Gasteiger partial charge on any atom is -0.379 e. The van der Waals surface area contributed by atoms with Gasteiger partial charge in [0.2, 0.25) is 0 Å². The van der Waals surface area contributed by atoms with Gasteiger partial charge < -0.3 is 9.64 Å². The molecule has 182 valence electrons. The SMILES string of the molecule is Cc1sc2nc(CN3CCOCC3)nc(N3CCN(Cc4ccc(C(C)C)cc4)CC3)c2c1C. The molecule has 0 amide bonds. The zero-order chi connectivity index (χ0) is 23.7. The van der Waals surface area contributed by atoms with Crippen molar-refractivity contribution in [2.75, 3.05) is 57.4 Å². The molecule has 0 spiro atoms. The van der Waals surface area contributed by atoms with Crippen LogP contribution in [-0.2, 0) is 17.8 Å². The molecule has 2 fully saturated rings. The molecule has 5 rings (SSSR count). The summed E-state index contributed by atoms with van der Waals surface area (Å²) in [5, 5.41) is 1.26. The van der Waals surface area contributed by atoms with E-state index in [1.165, 1.54) is 27.0 Å². The molecule has 0 bridgehead atoms. The van der Waals surface area contributed by atoms with Crippen molar-refractivity contribution in [3.05, 3.63) is 51.7 Å². The van der Waals surface area contributed by atoms with Crippen LogP contribution in [0.4, 0.5) is 5.82 Å². The zero-order valence-electron chi connectivity index (χ0n) is 21.0. The van der Waals surface area contributed by atoms with Crippen LogP contribution in [-0.4, -0.2) is 72.3 Å². The van der Waals surface area contributed by atoms with Crippen molar-refractivity contribution in [2.24, 2.45) is 0 Å². The van der Waals surface area contributed by atoms with Gasteiger partial charge in [-0.05, 0) is 36.5 Å². The number of benzene rings is 1. The zero-order valence-corrected chi connectivity index (χ0v) is 21.8. The first-order valence-corrected chi connectivity index (χ1v) is 13.4. The first-order chi connectivity index (χ1) is 16.5. The molecule has 1 aromatic carbocycles. The third-order valence-electron chi connectivity index (χ3n) is 7.25. The Morgan fingerprint density at radius 3 is 2.24 bits per heavy atom. The summed E-state index contributed by atoms with van der Waals surface area (Å²) in [6.45, 7) is 18.4. The number of ether oxygens (including phenoxy) is 1. The van der Waals surface area contributed by atoms with Crippen LogP contribution in [0.25, 0.3) is 10.2 Å². The van der Waals surface area contributed by atoms with E-state index in [4.69, 9.17) is 14.7 Å². The number of hydrogen-bond donors (Lipinski definition) is 0. The smallest absolute Gasteiger partial charge is 0.146 e. The summed E-state index contributed by atoms with van der Waals surface area (Å²) < 4.78 is 5.52. The van der Waals surface area contributed by atoms with Crippen molar-refractivity contribution in [2.45, 2.75) is 46.7 Å². The van der Waals surface area contributed by atoms with Gasteiger partial charge in [-0.1, -0.05) is 38.1 Å². The molecule has 0 saturated carbocycles. The van der Waals surface area contributed by atoms with E-state index < -0.39 is 0 Å². The van der Waals surface area contributed by atoms with Gasteiger partial charge in [0.25, 0.3) is 0 Å². The minimum atomic E-state index is 0.583. The topological polar surface area (TPSA) is 44.7 Å². The van der Waals surface area contributed by atoms with Crippen molar-refractivity contribution >= 4 is 27.4 Å². The number of aromatic nitrogens is 2. The van der Waals surface area contributed by atoms with Crippen LogP contribution in [0.1, 0.15) is 47.2 Å². The van der Waals surface area contributed by atoms with E-state index in [2.05, 4.69) is 66.7 Å². The van der Waals surface area contributed by atoms with Crippen molar-refractivity contribution < 1.29 is 4.74 Å². The van der Waals surface area contributed by atoms with E-state index in [0.29, 0.717) is 5.92 Å². The normalized spacial score (nSPS) is 18.3. The average Bonchev–Trinajstić information content (AvgIpc) is 3.13. The molecule has 0 atom stereocenters. The lowest BCUT2D eigenvalue weighted by molar-refractivity contribution is 0.0331. The predicted octanol–water partition coefficient (Wildman–Crippen LogP) is 4.59. The molecule has 2 aliphatic heterocycles. The van der Waals surface area contributed by atoms with Crippen molar-refractivity contribution in [1.82, 2.24) is 19.8 Å². The van der Waals surface area contributed by atoms with E-state index in [0.717, 1.165) is 82.0 Å². The van der Waals surface area contributed by atoms with Gasteiger partial charge in [-0.3, -0.25) is 9.80 Å². The summed E-state index contributed by atoms with van der Waals surface area (Å²) in [5.41, 5.74) is 4.15. The summed E-state index contributed by atoms with van der Waals surface area (Å²) in [5.74, 6) is 2.66. The third-order valence-corrected chi connectivity index (χ3v) is 8.35. The van der Waals surface area contributed by atoms with Crippen LogP contribution in [0, 0.1) is 13.8 Å². The molecule has 0 radical (unpaired) electrons. The predicted molar refractivity (Wildman–Crippen MR) is 141 cm³/mol. The molecule has 6 nitrogen and oxygen atoms in total. The number of piperazine rings is 1. The fourth-order valence-electron chi connectivity index (χ4n) is 4.91. The number of thiophene rings is 1. The summed E-state index contributed by atoms with van der Waals surface area (Å²) >= 11 is 1.81. The molecule has 7 heteroatoms. The van der Waals surface area contributed by atoms with E-state index >= 15 is 0 Å². The quantitative estimate of drug-likeness (QED) is 0.515. The molecule has 3 aromatic rings. The van der Waals surface area contributed by atoms with E-state index in [9.17, 15) is 0 Å². The van der Waals surface area contributed by atoms with Gasteiger partial charge in [0.05, 0.1) is 25.1 Å². The summed E-state index contributed by atoms with van der Waals surface area (Å²) in [6, 6.07) is 9.16. The number of aryl methyl sites for hydroxylation is 2. The summed E-state index contributed by atoms with van der Waals surface area (Å²) in [4.78, 5) is 20.1. The second kappa shape index (κ2) is 10.3. The van der Waals surface area contributed by atoms with Crippen molar-refractivity contribution in [1.29, 1.82) is 0 Å². The Morgan fingerprint density at radius 2 is 1.56 bits per heavy atom. The van der Waals surface area contributed by atoms with Gasteiger partial charge in [-0.25, -0.2) is 9.97 Å². The van der Waals surface area contributed by atoms with Crippen LogP contribution in [0.3, 0.4) is 0 Å². The highest BCUT2D eigenvalue weighted by Gasteiger charge is 2.24. The highest BCUT2D eigenvalue weighted by Crippen LogP contribution is 2.35. The number of hydrogen-bond acceptors (Lipinski definition) is 7. The summed E-state index contributed by atoms with van der Waals surface area (Å²) in [7, 11) is 0. The van der Waals surface area contributed by atoms with Crippen molar-refractivity contribution in [3.63, 3.8) is 0 Å². The fraction of sp³-hybridized carbons (Fsp3) is 0.556. The maximum Gasteiger partial charge on any atom is 0.146 e. The lowest BCUT2D eigenvalue weighted by Gasteiger charge is -2.36.